The average molecular weight is 420 g/mol. The highest BCUT2D eigenvalue weighted by Gasteiger charge is 2.19. The number of nitrogens with zero attached hydrogens (tertiary/aromatic N) is 3. The molecule has 0 saturated carbocycles. The highest BCUT2D eigenvalue weighted by atomic mass is 127. The summed E-state index contributed by atoms with van der Waals surface area (Å²) >= 11 is 0. The maximum atomic E-state index is 13.0. The van der Waals surface area contributed by atoms with Crippen LogP contribution in [0.2, 0.25) is 0 Å². The molecule has 0 aliphatic carbocycles. The van der Waals surface area contributed by atoms with Gasteiger partial charge in [0.15, 0.2) is 5.96 Å². The summed E-state index contributed by atoms with van der Waals surface area (Å²) in [5.41, 5.74) is 1.09. The summed E-state index contributed by atoms with van der Waals surface area (Å²) < 4.78 is 13.0. The van der Waals surface area contributed by atoms with Crippen LogP contribution in [-0.4, -0.2) is 50.6 Å². The molecular weight excluding hydrogens is 394 g/mol. The number of hydrogen-bond acceptors (Lipinski definition) is 2. The van der Waals surface area contributed by atoms with Gasteiger partial charge < -0.3 is 15.1 Å². The molecule has 0 atom stereocenters. The number of unbranched alkanes of at least 4 members (excludes halogenated alkanes) is 1. The SMILES string of the molecule is CCCCNC(=NC)N1CCN(c2ccc(F)cc2)CC1.I. The normalized spacial score (nSPS) is 15.5. The molecule has 22 heavy (non-hydrogen) atoms. The summed E-state index contributed by atoms with van der Waals surface area (Å²) in [4.78, 5) is 8.93. The van der Waals surface area contributed by atoms with Crippen molar-refractivity contribution in [2.75, 3.05) is 44.7 Å². The van der Waals surface area contributed by atoms with E-state index >= 15 is 0 Å². The fourth-order valence-corrected chi connectivity index (χ4v) is 2.54. The Morgan fingerprint density at radius 1 is 1.18 bits per heavy atom. The van der Waals surface area contributed by atoms with Gasteiger partial charge in [0.1, 0.15) is 5.82 Å². The van der Waals surface area contributed by atoms with Crippen molar-refractivity contribution < 1.29 is 4.39 Å². The van der Waals surface area contributed by atoms with Gasteiger partial charge in [-0.3, -0.25) is 4.99 Å². The summed E-state index contributed by atoms with van der Waals surface area (Å²) in [6.07, 6.45) is 2.34. The Morgan fingerprint density at radius 3 is 2.36 bits per heavy atom. The van der Waals surface area contributed by atoms with E-state index in [-0.39, 0.29) is 29.8 Å². The maximum absolute atomic E-state index is 13.0. The zero-order valence-corrected chi connectivity index (χ0v) is 15.7. The number of guanidine groups is 1. The number of halogens is 2. The molecule has 2 rings (SSSR count). The van der Waals surface area contributed by atoms with E-state index in [1.54, 1.807) is 0 Å². The van der Waals surface area contributed by atoms with Gasteiger partial charge >= 0.3 is 0 Å². The second-order valence-electron chi connectivity index (χ2n) is 5.28. The van der Waals surface area contributed by atoms with Crippen molar-refractivity contribution >= 4 is 35.6 Å². The summed E-state index contributed by atoms with van der Waals surface area (Å²) in [5, 5.41) is 3.41. The summed E-state index contributed by atoms with van der Waals surface area (Å²) in [6, 6.07) is 6.73. The van der Waals surface area contributed by atoms with Crippen LogP contribution in [-0.2, 0) is 0 Å². The lowest BCUT2D eigenvalue weighted by Crippen LogP contribution is -2.52. The molecule has 1 aromatic rings. The van der Waals surface area contributed by atoms with Crippen LogP contribution in [0.1, 0.15) is 19.8 Å². The van der Waals surface area contributed by atoms with Crippen molar-refractivity contribution in [1.82, 2.24) is 10.2 Å². The lowest BCUT2D eigenvalue weighted by Gasteiger charge is -2.37. The highest BCUT2D eigenvalue weighted by Crippen LogP contribution is 2.16. The van der Waals surface area contributed by atoms with Crippen LogP contribution in [0.5, 0.6) is 0 Å². The number of hydrogen-bond donors (Lipinski definition) is 1. The second kappa shape index (κ2) is 9.86. The Labute approximate surface area is 149 Å². The van der Waals surface area contributed by atoms with E-state index in [4.69, 9.17) is 0 Å². The molecule has 1 N–H and O–H groups in total. The fraction of sp³-hybridized carbons (Fsp3) is 0.562. The van der Waals surface area contributed by atoms with Gasteiger partial charge in [-0.05, 0) is 30.7 Å². The quantitative estimate of drug-likeness (QED) is 0.352. The first-order valence-corrected chi connectivity index (χ1v) is 7.70. The van der Waals surface area contributed by atoms with Gasteiger partial charge in [-0.25, -0.2) is 4.39 Å². The molecule has 0 bridgehead atoms. The lowest BCUT2D eigenvalue weighted by atomic mass is 10.2. The van der Waals surface area contributed by atoms with E-state index in [9.17, 15) is 4.39 Å². The Balaban J connectivity index is 0.00000242. The zero-order valence-electron chi connectivity index (χ0n) is 13.4. The average Bonchev–Trinajstić information content (AvgIpc) is 2.53. The number of benzene rings is 1. The van der Waals surface area contributed by atoms with Crippen molar-refractivity contribution in [3.63, 3.8) is 0 Å². The Kier molecular flexibility index (Phi) is 8.52. The van der Waals surface area contributed by atoms with Crippen molar-refractivity contribution in [3.05, 3.63) is 30.1 Å². The largest absolute Gasteiger partial charge is 0.368 e. The van der Waals surface area contributed by atoms with Crippen molar-refractivity contribution in [3.8, 4) is 0 Å². The molecule has 0 spiro atoms. The van der Waals surface area contributed by atoms with E-state index in [1.807, 2.05) is 19.2 Å². The van der Waals surface area contributed by atoms with Gasteiger partial charge in [-0.15, -0.1) is 24.0 Å². The van der Waals surface area contributed by atoms with Crippen LogP contribution in [0.4, 0.5) is 10.1 Å². The Hall–Kier alpha value is -1.05. The maximum Gasteiger partial charge on any atom is 0.193 e. The molecule has 0 radical (unpaired) electrons. The highest BCUT2D eigenvalue weighted by molar-refractivity contribution is 14.0. The second-order valence-corrected chi connectivity index (χ2v) is 5.28. The van der Waals surface area contributed by atoms with Crippen LogP contribution >= 0.6 is 24.0 Å². The summed E-state index contributed by atoms with van der Waals surface area (Å²) in [5.74, 6) is 0.806. The van der Waals surface area contributed by atoms with Crippen LogP contribution in [0.3, 0.4) is 0 Å². The number of piperazine rings is 1. The summed E-state index contributed by atoms with van der Waals surface area (Å²) in [6.45, 7) is 6.89. The van der Waals surface area contributed by atoms with Gasteiger partial charge in [0.05, 0.1) is 0 Å². The van der Waals surface area contributed by atoms with Crippen molar-refractivity contribution in [2.45, 2.75) is 19.8 Å². The molecule has 1 aromatic carbocycles. The minimum absolute atomic E-state index is 0. The van der Waals surface area contributed by atoms with Crippen LogP contribution in [0, 0.1) is 5.82 Å². The topological polar surface area (TPSA) is 30.9 Å². The molecule has 6 heteroatoms. The molecule has 0 aromatic heterocycles. The van der Waals surface area contributed by atoms with Gasteiger partial charge in [0, 0.05) is 45.5 Å². The Bertz CT molecular complexity index is 456. The Morgan fingerprint density at radius 2 is 1.82 bits per heavy atom. The van der Waals surface area contributed by atoms with E-state index in [1.165, 1.54) is 18.6 Å². The molecule has 124 valence electrons. The fourth-order valence-electron chi connectivity index (χ4n) is 2.54. The van der Waals surface area contributed by atoms with E-state index in [0.717, 1.165) is 50.8 Å². The van der Waals surface area contributed by atoms with Gasteiger partial charge in [0.25, 0.3) is 0 Å². The molecule has 0 unspecified atom stereocenters. The van der Waals surface area contributed by atoms with Gasteiger partial charge in [0.2, 0.25) is 0 Å². The van der Waals surface area contributed by atoms with Crippen LogP contribution in [0.25, 0.3) is 0 Å². The van der Waals surface area contributed by atoms with E-state index in [2.05, 4.69) is 27.0 Å². The third kappa shape index (κ3) is 5.30. The third-order valence-electron chi connectivity index (χ3n) is 3.80. The van der Waals surface area contributed by atoms with Crippen molar-refractivity contribution in [2.24, 2.45) is 4.99 Å². The lowest BCUT2D eigenvalue weighted by molar-refractivity contribution is 0.372. The molecule has 1 aliphatic heterocycles. The molecule has 1 aliphatic rings. The number of nitrogens with one attached hydrogen (secondary N) is 1. The predicted octanol–water partition coefficient (Wildman–Crippen LogP) is 2.94. The number of anilines is 1. The minimum Gasteiger partial charge on any atom is -0.368 e. The standard InChI is InChI=1S/C16H25FN4.HI/c1-3-4-9-19-16(18-2)21-12-10-20(11-13-21)15-7-5-14(17)6-8-15;/h5-8H,3-4,9-13H2,1-2H3,(H,18,19);1H. The van der Waals surface area contributed by atoms with Crippen molar-refractivity contribution in [1.29, 1.82) is 0 Å². The monoisotopic (exact) mass is 420 g/mol. The zero-order chi connectivity index (χ0) is 15.1. The molecule has 1 saturated heterocycles. The van der Waals surface area contributed by atoms with Crippen LogP contribution in [0.15, 0.2) is 29.3 Å². The first kappa shape index (κ1) is 19.0. The van der Waals surface area contributed by atoms with E-state index in [0.29, 0.717) is 0 Å². The third-order valence-corrected chi connectivity index (χ3v) is 3.80. The van der Waals surface area contributed by atoms with Gasteiger partial charge in [-0.2, -0.15) is 0 Å². The molecule has 4 nitrogen and oxygen atoms in total. The molecular formula is C16H26FIN4. The molecule has 0 amide bonds. The number of aliphatic imine (C=N–C) groups is 1. The van der Waals surface area contributed by atoms with E-state index < -0.39 is 0 Å². The predicted molar refractivity (Wildman–Crippen MR) is 102 cm³/mol. The smallest absolute Gasteiger partial charge is 0.193 e. The summed E-state index contributed by atoms with van der Waals surface area (Å²) in [7, 11) is 1.83. The molecule has 1 heterocycles. The first-order valence-electron chi connectivity index (χ1n) is 7.70. The minimum atomic E-state index is -0.182. The first-order chi connectivity index (χ1) is 10.2. The number of rotatable bonds is 4. The van der Waals surface area contributed by atoms with Crippen LogP contribution < -0.4 is 10.2 Å². The van der Waals surface area contributed by atoms with Gasteiger partial charge in [-0.1, -0.05) is 13.3 Å². The molecule has 1 fully saturated rings.